The number of H-pyrrole nitrogens is 1. The van der Waals surface area contributed by atoms with Crippen LogP contribution in [0.4, 0.5) is 4.39 Å². The highest BCUT2D eigenvalue weighted by atomic mass is 79.9. The molecule has 0 aliphatic carbocycles. The number of rotatable bonds is 5. The Labute approximate surface area is 114 Å². The Morgan fingerprint density at radius 3 is 3.00 bits per heavy atom. The molecule has 96 valence electrons. The number of imidazole rings is 1. The van der Waals surface area contributed by atoms with Gasteiger partial charge in [0.05, 0.1) is 16.4 Å². The third-order valence-electron chi connectivity index (χ3n) is 2.70. The Bertz CT molecular complexity index is 525. The molecule has 1 heterocycles. The van der Waals surface area contributed by atoms with Crippen molar-refractivity contribution in [3.63, 3.8) is 0 Å². The second-order valence-corrected chi connectivity index (χ2v) is 4.93. The lowest BCUT2D eigenvalue weighted by Crippen LogP contribution is -2.08. The highest BCUT2D eigenvalue weighted by molar-refractivity contribution is 9.10. The van der Waals surface area contributed by atoms with Crippen molar-refractivity contribution in [3.8, 4) is 11.3 Å². The number of aryl methyl sites for hydroxylation is 1. The number of halogens is 2. The molecule has 0 saturated heterocycles. The van der Waals surface area contributed by atoms with E-state index < -0.39 is 0 Å². The first-order chi connectivity index (χ1) is 8.70. The van der Waals surface area contributed by atoms with Crippen molar-refractivity contribution in [2.24, 2.45) is 0 Å². The first kappa shape index (κ1) is 13.2. The topological polar surface area (TPSA) is 40.7 Å². The number of hydrogen-bond donors (Lipinski definition) is 2. The van der Waals surface area contributed by atoms with Crippen molar-refractivity contribution >= 4 is 15.9 Å². The molecule has 18 heavy (non-hydrogen) atoms. The summed E-state index contributed by atoms with van der Waals surface area (Å²) in [6.07, 6.45) is 3.73. The number of hydrogen-bond acceptors (Lipinski definition) is 2. The lowest BCUT2D eigenvalue weighted by Gasteiger charge is -2.00. The molecule has 1 aromatic heterocycles. The Kier molecular flexibility index (Phi) is 4.49. The zero-order valence-corrected chi connectivity index (χ0v) is 11.7. The van der Waals surface area contributed by atoms with Gasteiger partial charge in [0.15, 0.2) is 0 Å². The van der Waals surface area contributed by atoms with E-state index in [1.807, 2.05) is 7.05 Å². The van der Waals surface area contributed by atoms with Crippen molar-refractivity contribution < 1.29 is 4.39 Å². The maximum Gasteiger partial charge on any atom is 0.137 e. The molecule has 2 rings (SSSR count). The van der Waals surface area contributed by atoms with Gasteiger partial charge >= 0.3 is 0 Å². The van der Waals surface area contributed by atoms with Gasteiger partial charge in [-0.25, -0.2) is 9.37 Å². The zero-order chi connectivity index (χ0) is 13.0. The van der Waals surface area contributed by atoms with Crippen LogP contribution in [0.15, 0.2) is 28.9 Å². The smallest absolute Gasteiger partial charge is 0.137 e. The molecule has 2 N–H and O–H groups in total. The van der Waals surface area contributed by atoms with Gasteiger partial charge in [-0.1, -0.05) is 0 Å². The molecule has 0 bridgehead atoms. The highest BCUT2D eigenvalue weighted by Gasteiger charge is 2.06. The molecule has 0 amide bonds. The normalized spacial score (nSPS) is 10.8. The fourth-order valence-corrected chi connectivity index (χ4v) is 2.11. The second kappa shape index (κ2) is 6.11. The quantitative estimate of drug-likeness (QED) is 0.833. The van der Waals surface area contributed by atoms with E-state index in [1.54, 1.807) is 18.3 Å². The number of nitrogens with zero attached hydrogens (tertiary/aromatic N) is 1. The summed E-state index contributed by atoms with van der Waals surface area (Å²) in [4.78, 5) is 7.58. The van der Waals surface area contributed by atoms with E-state index in [2.05, 4.69) is 31.2 Å². The van der Waals surface area contributed by atoms with E-state index in [4.69, 9.17) is 0 Å². The van der Waals surface area contributed by atoms with E-state index in [9.17, 15) is 4.39 Å². The van der Waals surface area contributed by atoms with Crippen LogP contribution >= 0.6 is 15.9 Å². The largest absolute Gasteiger partial charge is 0.342 e. The molecule has 2 aromatic rings. The summed E-state index contributed by atoms with van der Waals surface area (Å²) in [7, 11) is 1.93. The van der Waals surface area contributed by atoms with E-state index >= 15 is 0 Å². The summed E-state index contributed by atoms with van der Waals surface area (Å²) in [6.45, 7) is 0.970. The van der Waals surface area contributed by atoms with Gasteiger partial charge in [0, 0.05) is 12.0 Å². The molecule has 0 fully saturated rings. The van der Waals surface area contributed by atoms with Crippen LogP contribution in [0.3, 0.4) is 0 Å². The maximum atomic E-state index is 13.1. The molecule has 0 aliphatic heterocycles. The molecule has 0 spiro atoms. The number of nitrogens with one attached hydrogen (secondary N) is 2. The summed E-state index contributed by atoms with van der Waals surface area (Å²) in [5.41, 5.74) is 1.84. The van der Waals surface area contributed by atoms with E-state index in [1.165, 1.54) is 6.07 Å². The molecular weight excluding hydrogens is 297 g/mol. The fourth-order valence-electron chi connectivity index (χ4n) is 1.73. The van der Waals surface area contributed by atoms with Gasteiger partial charge in [-0.15, -0.1) is 0 Å². The lowest BCUT2D eigenvalue weighted by atomic mass is 10.2. The van der Waals surface area contributed by atoms with E-state index in [0.29, 0.717) is 4.47 Å². The SMILES string of the molecule is CNCCCc1ncc(-c2ccc(F)c(Br)c2)[nH]1. The molecule has 0 aliphatic rings. The lowest BCUT2D eigenvalue weighted by molar-refractivity contribution is 0.621. The Hall–Kier alpha value is -1.20. The third-order valence-corrected chi connectivity index (χ3v) is 3.31. The summed E-state index contributed by atoms with van der Waals surface area (Å²) in [5, 5.41) is 3.10. The molecule has 1 aromatic carbocycles. The van der Waals surface area contributed by atoms with Crippen molar-refractivity contribution in [3.05, 3.63) is 40.5 Å². The molecule has 3 nitrogen and oxygen atoms in total. The Balaban J connectivity index is 2.11. The molecule has 0 saturated carbocycles. The highest BCUT2D eigenvalue weighted by Crippen LogP contribution is 2.24. The van der Waals surface area contributed by atoms with Gasteiger partial charge in [0.25, 0.3) is 0 Å². The van der Waals surface area contributed by atoms with Crippen molar-refractivity contribution in [1.82, 2.24) is 15.3 Å². The monoisotopic (exact) mass is 311 g/mol. The summed E-state index contributed by atoms with van der Waals surface area (Å²) in [5.74, 6) is 0.702. The average Bonchev–Trinajstić information content (AvgIpc) is 2.82. The summed E-state index contributed by atoms with van der Waals surface area (Å²) < 4.78 is 13.6. The van der Waals surface area contributed by atoms with Crippen LogP contribution in [-0.2, 0) is 6.42 Å². The van der Waals surface area contributed by atoms with E-state index in [-0.39, 0.29) is 5.82 Å². The first-order valence-electron chi connectivity index (χ1n) is 5.84. The van der Waals surface area contributed by atoms with Crippen LogP contribution in [0.5, 0.6) is 0 Å². The van der Waals surface area contributed by atoms with Crippen molar-refractivity contribution in [2.45, 2.75) is 12.8 Å². The van der Waals surface area contributed by atoms with Crippen LogP contribution in [-0.4, -0.2) is 23.6 Å². The van der Waals surface area contributed by atoms with Crippen molar-refractivity contribution in [2.75, 3.05) is 13.6 Å². The van der Waals surface area contributed by atoms with Crippen LogP contribution in [0.25, 0.3) is 11.3 Å². The number of aromatic nitrogens is 2. The Morgan fingerprint density at radius 1 is 1.44 bits per heavy atom. The fraction of sp³-hybridized carbons (Fsp3) is 0.308. The minimum Gasteiger partial charge on any atom is -0.342 e. The van der Waals surface area contributed by atoms with Crippen LogP contribution in [0, 0.1) is 5.82 Å². The predicted octanol–water partition coefficient (Wildman–Crippen LogP) is 3.13. The molecule has 0 atom stereocenters. The van der Waals surface area contributed by atoms with Gasteiger partial charge in [0.1, 0.15) is 11.6 Å². The van der Waals surface area contributed by atoms with Gasteiger partial charge in [-0.3, -0.25) is 0 Å². The molecule has 5 heteroatoms. The summed E-state index contributed by atoms with van der Waals surface area (Å²) >= 11 is 3.18. The van der Waals surface area contributed by atoms with E-state index in [0.717, 1.165) is 36.5 Å². The average molecular weight is 312 g/mol. The Morgan fingerprint density at radius 2 is 2.28 bits per heavy atom. The second-order valence-electron chi connectivity index (χ2n) is 4.08. The van der Waals surface area contributed by atoms with Gasteiger partial charge in [0.2, 0.25) is 0 Å². The van der Waals surface area contributed by atoms with Crippen molar-refractivity contribution in [1.29, 1.82) is 0 Å². The van der Waals surface area contributed by atoms with Crippen LogP contribution in [0.1, 0.15) is 12.2 Å². The van der Waals surface area contributed by atoms with Crippen LogP contribution in [0.2, 0.25) is 0 Å². The molecular formula is C13H15BrFN3. The van der Waals surface area contributed by atoms with Gasteiger partial charge in [-0.05, 0) is 54.1 Å². The van der Waals surface area contributed by atoms with Gasteiger partial charge in [-0.2, -0.15) is 0 Å². The maximum absolute atomic E-state index is 13.1. The third kappa shape index (κ3) is 3.17. The predicted molar refractivity (Wildman–Crippen MR) is 73.9 cm³/mol. The minimum atomic E-state index is -0.257. The molecule has 0 radical (unpaired) electrons. The first-order valence-corrected chi connectivity index (χ1v) is 6.64. The van der Waals surface area contributed by atoms with Crippen LogP contribution < -0.4 is 5.32 Å². The zero-order valence-electron chi connectivity index (χ0n) is 10.1. The molecule has 0 unspecified atom stereocenters. The standard InChI is InChI=1S/C13H15BrFN3/c1-16-6-2-3-13-17-8-12(18-13)9-4-5-11(15)10(14)7-9/h4-5,7-8,16H,2-3,6H2,1H3,(H,17,18). The summed E-state index contributed by atoms with van der Waals surface area (Å²) in [6, 6.07) is 4.94. The number of benzene rings is 1. The minimum absolute atomic E-state index is 0.257. The number of aromatic amines is 1. The van der Waals surface area contributed by atoms with Gasteiger partial charge < -0.3 is 10.3 Å².